The Labute approximate surface area is 136 Å². The Morgan fingerprint density at radius 1 is 1.22 bits per heavy atom. The maximum Gasteiger partial charge on any atom is 0.408 e. The lowest BCUT2D eigenvalue weighted by molar-refractivity contribution is -0.152. The first-order valence-electron chi connectivity index (χ1n) is 7.22. The summed E-state index contributed by atoms with van der Waals surface area (Å²) in [5.41, 5.74) is 1.74. The first-order chi connectivity index (χ1) is 10.4. The van der Waals surface area contributed by atoms with E-state index in [1.165, 1.54) is 6.20 Å². The maximum atomic E-state index is 13.6. The van der Waals surface area contributed by atoms with E-state index in [0.29, 0.717) is 5.39 Å². The molecule has 23 heavy (non-hydrogen) atoms. The third-order valence-electron chi connectivity index (χ3n) is 3.65. The summed E-state index contributed by atoms with van der Waals surface area (Å²) in [4.78, 5) is 0. The van der Waals surface area contributed by atoms with Crippen LogP contribution in [0.15, 0.2) is 24.4 Å². The topological polar surface area (TPSA) is 34.0 Å². The highest BCUT2D eigenvalue weighted by Gasteiger charge is 2.44. The zero-order valence-corrected chi connectivity index (χ0v) is 14.6. The smallest absolute Gasteiger partial charge is 0.350 e. The summed E-state index contributed by atoms with van der Waals surface area (Å²) < 4.78 is 56.1. The second-order valence-corrected chi connectivity index (χ2v) is 8.64. The quantitative estimate of drug-likeness (QED) is 0.890. The first-order valence-corrected chi connectivity index (χ1v) is 8.37. The molecule has 0 unspecified atom stereocenters. The molecule has 1 heterocycles. The van der Waals surface area contributed by atoms with Crippen molar-refractivity contribution >= 4 is 21.9 Å². The molecule has 1 aromatic heterocycles. The molecule has 128 valence electrons. The van der Waals surface area contributed by atoms with Gasteiger partial charge < -0.3 is 4.57 Å². The Morgan fingerprint density at radius 3 is 2.35 bits per heavy atom. The van der Waals surface area contributed by atoms with Gasteiger partial charge in [0.25, 0.3) is 0 Å². The van der Waals surface area contributed by atoms with Gasteiger partial charge in [-0.15, -0.1) is 0 Å². The van der Waals surface area contributed by atoms with Crippen LogP contribution in [0.2, 0.25) is 0 Å². The van der Waals surface area contributed by atoms with Crippen LogP contribution in [0.3, 0.4) is 0 Å². The second kappa shape index (κ2) is 5.94. The lowest BCUT2D eigenvalue weighted by atomic mass is 10.0. The summed E-state index contributed by atoms with van der Waals surface area (Å²) in [6.45, 7) is 6.76. The van der Waals surface area contributed by atoms with Gasteiger partial charge in [0.2, 0.25) is 0 Å². The summed E-state index contributed by atoms with van der Waals surface area (Å²) in [6, 6.07) is 3.27. The van der Waals surface area contributed by atoms with Crippen LogP contribution in [-0.4, -0.2) is 19.7 Å². The summed E-state index contributed by atoms with van der Waals surface area (Å²) in [7, 11) is -0.117. The molecule has 0 saturated heterocycles. The lowest BCUT2D eigenvalue weighted by Crippen LogP contribution is -2.41. The highest BCUT2D eigenvalue weighted by Crippen LogP contribution is 2.38. The van der Waals surface area contributed by atoms with Crippen molar-refractivity contribution in [3.05, 3.63) is 35.5 Å². The minimum Gasteiger partial charge on any atom is -0.350 e. The van der Waals surface area contributed by atoms with Gasteiger partial charge in [-0.05, 0) is 33.3 Å². The van der Waals surface area contributed by atoms with Crippen molar-refractivity contribution in [2.45, 2.75) is 44.7 Å². The van der Waals surface area contributed by atoms with Gasteiger partial charge in [-0.25, -0.2) is 8.93 Å². The SMILES string of the molecule is Cc1cccc2c([C@H](N[S@@](=O)C(C)(C)C)C(F)(F)F)cn(C)c12. The molecule has 1 aromatic carbocycles. The number of para-hydroxylation sites is 1. The predicted octanol–water partition coefficient (Wildman–Crippen LogP) is 4.14. The molecule has 0 saturated carbocycles. The third-order valence-corrected chi connectivity index (χ3v) is 5.22. The highest BCUT2D eigenvalue weighted by molar-refractivity contribution is 7.84. The predicted molar refractivity (Wildman–Crippen MR) is 87.5 cm³/mol. The molecule has 0 aliphatic rings. The summed E-state index contributed by atoms with van der Waals surface area (Å²) in [5, 5.41) is 0.522. The van der Waals surface area contributed by atoms with E-state index in [2.05, 4.69) is 4.72 Å². The molecule has 0 fully saturated rings. The van der Waals surface area contributed by atoms with E-state index < -0.39 is 28.0 Å². The number of hydrogen-bond acceptors (Lipinski definition) is 1. The van der Waals surface area contributed by atoms with Gasteiger partial charge in [-0.2, -0.15) is 13.2 Å². The molecule has 0 amide bonds. The van der Waals surface area contributed by atoms with Crippen LogP contribution in [0.1, 0.15) is 37.9 Å². The highest BCUT2D eigenvalue weighted by atomic mass is 32.2. The Hall–Kier alpha value is -1.34. The number of benzene rings is 1. The van der Waals surface area contributed by atoms with Crippen molar-refractivity contribution in [3.63, 3.8) is 0 Å². The standard InChI is InChI=1S/C16H21F3N2OS/c1-10-7-6-8-11-12(9-21(5)13(10)11)14(16(17,18)19)20-23(22)15(2,3)4/h6-9,14,20H,1-5H3/t14-,23-/m0/s1. The first kappa shape index (κ1) is 18.0. The molecular formula is C16H21F3N2OS. The zero-order chi connectivity index (χ0) is 17.6. The van der Waals surface area contributed by atoms with Crippen molar-refractivity contribution in [2.24, 2.45) is 7.05 Å². The van der Waals surface area contributed by atoms with Crippen molar-refractivity contribution in [1.29, 1.82) is 0 Å². The van der Waals surface area contributed by atoms with Gasteiger partial charge in [0.05, 0.1) is 21.2 Å². The van der Waals surface area contributed by atoms with Crippen LogP contribution in [0.25, 0.3) is 10.9 Å². The van der Waals surface area contributed by atoms with Gasteiger partial charge in [-0.3, -0.25) is 0 Å². The Kier molecular flexibility index (Phi) is 4.65. The van der Waals surface area contributed by atoms with Crippen LogP contribution >= 0.6 is 0 Å². The number of halogens is 3. The Balaban J connectivity index is 2.58. The number of rotatable bonds is 3. The number of fused-ring (bicyclic) bond motifs is 1. The average Bonchev–Trinajstić information content (AvgIpc) is 2.71. The molecule has 0 aliphatic carbocycles. The van der Waals surface area contributed by atoms with Crippen molar-refractivity contribution < 1.29 is 17.4 Å². The molecule has 0 radical (unpaired) electrons. The van der Waals surface area contributed by atoms with Crippen LogP contribution in [-0.2, 0) is 18.0 Å². The maximum absolute atomic E-state index is 13.6. The summed E-state index contributed by atoms with van der Waals surface area (Å²) in [5.74, 6) is 0. The van der Waals surface area contributed by atoms with E-state index in [9.17, 15) is 17.4 Å². The number of hydrogen-bond donors (Lipinski definition) is 1. The Morgan fingerprint density at radius 2 is 1.83 bits per heavy atom. The Bertz CT molecular complexity index is 744. The third kappa shape index (κ3) is 3.61. The van der Waals surface area contributed by atoms with E-state index >= 15 is 0 Å². The van der Waals surface area contributed by atoms with E-state index in [4.69, 9.17) is 0 Å². The zero-order valence-electron chi connectivity index (χ0n) is 13.8. The van der Waals surface area contributed by atoms with Crippen LogP contribution in [0.5, 0.6) is 0 Å². The van der Waals surface area contributed by atoms with Crippen molar-refractivity contribution in [3.8, 4) is 0 Å². The minimum absolute atomic E-state index is 0.0938. The van der Waals surface area contributed by atoms with Crippen molar-refractivity contribution in [2.75, 3.05) is 0 Å². The average molecular weight is 346 g/mol. The monoisotopic (exact) mass is 346 g/mol. The normalized spacial score (nSPS) is 15.8. The summed E-state index contributed by atoms with van der Waals surface area (Å²) in [6.07, 6.45) is -3.08. The molecule has 7 heteroatoms. The number of aromatic nitrogens is 1. The molecule has 0 aliphatic heterocycles. The second-order valence-electron chi connectivity index (χ2n) is 6.64. The largest absolute Gasteiger partial charge is 0.408 e. The fourth-order valence-corrected chi connectivity index (χ4v) is 3.35. The molecule has 2 atom stereocenters. The van der Waals surface area contributed by atoms with Crippen LogP contribution < -0.4 is 4.72 Å². The van der Waals surface area contributed by atoms with E-state index in [1.54, 1.807) is 44.5 Å². The van der Waals surface area contributed by atoms with Gasteiger partial charge in [-0.1, -0.05) is 18.2 Å². The number of aryl methyl sites for hydroxylation is 2. The van der Waals surface area contributed by atoms with Crippen LogP contribution in [0, 0.1) is 6.92 Å². The number of alkyl halides is 3. The van der Waals surface area contributed by atoms with E-state index in [-0.39, 0.29) is 5.56 Å². The molecule has 2 aromatic rings. The molecule has 0 bridgehead atoms. The van der Waals surface area contributed by atoms with Crippen molar-refractivity contribution in [1.82, 2.24) is 9.29 Å². The van der Waals surface area contributed by atoms with E-state index in [0.717, 1.165) is 11.1 Å². The van der Waals surface area contributed by atoms with Gasteiger partial charge >= 0.3 is 6.18 Å². The fourth-order valence-electron chi connectivity index (χ4n) is 2.52. The molecule has 2 rings (SSSR count). The van der Waals surface area contributed by atoms with Gasteiger partial charge in [0.1, 0.15) is 6.04 Å². The van der Waals surface area contributed by atoms with Crippen LogP contribution in [0.4, 0.5) is 13.2 Å². The molecule has 3 nitrogen and oxygen atoms in total. The number of nitrogens with one attached hydrogen (secondary N) is 1. The minimum atomic E-state index is -4.54. The van der Waals surface area contributed by atoms with E-state index in [1.807, 2.05) is 13.0 Å². The molecular weight excluding hydrogens is 325 g/mol. The summed E-state index contributed by atoms with van der Waals surface area (Å²) >= 11 is 0. The fraction of sp³-hybridized carbons (Fsp3) is 0.500. The van der Waals surface area contributed by atoms with Gasteiger partial charge in [0, 0.05) is 24.2 Å². The lowest BCUT2D eigenvalue weighted by Gasteiger charge is -2.25. The molecule has 1 N–H and O–H groups in total. The number of nitrogens with zero attached hydrogens (tertiary/aromatic N) is 1. The molecule has 0 spiro atoms. The van der Waals surface area contributed by atoms with Gasteiger partial charge in [0.15, 0.2) is 0 Å².